The molecule has 8 heteroatoms. The first kappa shape index (κ1) is 28.4. The number of para-hydroxylation sites is 1. The number of hydrogen-bond acceptors (Lipinski definition) is 4. The van der Waals surface area contributed by atoms with Crippen LogP contribution in [0.2, 0.25) is 0 Å². The Morgan fingerprint density at radius 3 is 2.14 bits per heavy atom. The zero-order valence-corrected chi connectivity index (χ0v) is 22.3. The van der Waals surface area contributed by atoms with E-state index >= 15 is 0 Å². The van der Waals surface area contributed by atoms with Gasteiger partial charge >= 0.3 is 0 Å². The molecule has 35 heavy (non-hydrogen) atoms. The molecule has 0 unspecified atom stereocenters. The summed E-state index contributed by atoms with van der Waals surface area (Å²) in [4.78, 5) is 28.1. The van der Waals surface area contributed by atoms with Gasteiger partial charge in [0, 0.05) is 25.6 Å². The Morgan fingerprint density at radius 2 is 1.60 bits per heavy atom. The van der Waals surface area contributed by atoms with Crippen LogP contribution in [0.25, 0.3) is 0 Å². The van der Waals surface area contributed by atoms with Crippen LogP contribution in [-0.2, 0) is 26.2 Å². The number of aryl methyl sites for hydroxylation is 1. The number of sulfonamides is 1. The summed E-state index contributed by atoms with van der Waals surface area (Å²) >= 11 is 0. The summed E-state index contributed by atoms with van der Waals surface area (Å²) < 4.78 is 26.0. The highest BCUT2D eigenvalue weighted by atomic mass is 32.2. The largest absolute Gasteiger partial charge is 0.352 e. The van der Waals surface area contributed by atoms with Crippen molar-refractivity contribution in [2.45, 2.75) is 72.0 Å². The van der Waals surface area contributed by atoms with Crippen molar-refractivity contribution in [3.63, 3.8) is 0 Å². The fourth-order valence-electron chi connectivity index (χ4n) is 3.85. The predicted octanol–water partition coefficient (Wildman–Crippen LogP) is 4.26. The molecular formula is C27H39N3O4S. The highest BCUT2D eigenvalue weighted by molar-refractivity contribution is 7.92. The maximum Gasteiger partial charge on any atom is 0.243 e. The van der Waals surface area contributed by atoms with Gasteiger partial charge in [0.2, 0.25) is 21.8 Å². The van der Waals surface area contributed by atoms with Gasteiger partial charge in [0.05, 0.1) is 11.9 Å². The van der Waals surface area contributed by atoms with Gasteiger partial charge < -0.3 is 10.2 Å². The molecule has 0 aliphatic rings. The molecule has 0 spiro atoms. The lowest BCUT2D eigenvalue weighted by atomic mass is 10.1. The molecule has 2 aromatic carbocycles. The van der Waals surface area contributed by atoms with Crippen molar-refractivity contribution in [1.29, 1.82) is 0 Å². The average Bonchev–Trinajstić information content (AvgIpc) is 2.82. The summed E-state index contributed by atoms with van der Waals surface area (Å²) in [5, 5.41) is 3.01. The van der Waals surface area contributed by atoms with E-state index in [1.807, 2.05) is 58.0 Å². The number of amides is 2. The molecule has 2 aromatic rings. The van der Waals surface area contributed by atoms with Crippen molar-refractivity contribution in [3.8, 4) is 0 Å². The van der Waals surface area contributed by atoms with Crippen molar-refractivity contribution >= 4 is 27.5 Å². The molecule has 0 saturated heterocycles. The Hall–Kier alpha value is -2.87. The van der Waals surface area contributed by atoms with E-state index in [0.29, 0.717) is 25.1 Å². The van der Waals surface area contributed by atoms with Crippen LogP contribution in [0.3, 0.4) is 0 Å². The van der Waals surface area contributed by atoms with Crippen LogP contribution in [0.15, 0.2) is 54.6 Å². The third kappa shape index (κ3) is 8.69. The molecule has 1 N–H and O–H groups in total. The maximum absolute atomic E-state index is 13.4. The molecule has 0 saturated carbocycles. The molecule has 0 bridgehead atoms. The van der Waals surface area contributed by atoms with Crippen molar-refractivity contribution in [2.24, 2.45) is 0 Å². The molecule has 0 heterocycles. The van der Waals surface area contributed by atoms with Crippen LogP contribution in [0, 0.1) is 6.92 Å². The molecule has 2 atom stereocenters. The molecule has 192 valence electrons. The Kier molecular flexibility index (Phi) is 10.8. The second-order valence-corrected chi connectivity index (χ2v) is 10.9. The van der Waals surface area contributed by atoms with E-state index in [0.717, 1.165) is 23.8 Å². The molecule has 0 radical (unpaired) electrons. The van der Waals surface area contributed by atoms with Crippen LogP contribution in [-0.4, -0.2) is 50.0 Å². The monoisotopic (exact) mass is 501 g/mol. The maximum atomic E-state index is 13.4. The van der Waals surface area contributed by atoms with Crippen LogP contribution in [0.4, 0.5) is 5.69 Å². The van der Waals surface area contributed by atoms with Gasteiger partial charge in [-0.3, -0.25) is 13.9 Å². The Labute approximate surface area is 210 Å². The Bertz CT molecular complexity index is 1060. The molecule has 0 aliphatic heterocycles. The quantitative estimate of drug-likeness (QED) is 0.444. The lowest BCUT2D eigenvalue weighted by Crippen LogP contribution is -2.50. The van der Waals surface area contributed by atoms with Gasteiger partial charge in [0.25, 0.3) is 0 Å². The first-order valence-electron chi connectivity index (χ1n) is 12.2. The average molecular weight is 502 g/mol. The van der Waals surface area contributed by atoms with Crippen molar-refractivity contribution in [1.82, 2.24) is 10.2 Å². The zero-order chi connectivity index (χ0) is 26.0. The summed E-state index contributed by atoms with van der Waals surface area (Å²) in [6.07, 6.45) is 2.93. The predicted molar refractivity (Wildman–Crippen MR) is 142 cm³/mol. The molecule has 7 nitrogen and oxygen atoms in total. The second kappa shape index (κ2) is 13.3. The highest BCUT2D eigenvalue weighted by Gasteiger charge is 2.29. The topological polar surface area (TPSA) is 86.8 Å². The number of hydrogen-bond donors (Lipinski definition) is 1. The number of nitrogens with zero attached hydrogens (tertiary/aromatic N) is 2. The minimum atomic E-state index is -3.50. The van der Waals surface area contributed by atoms with E-state index in [4.69, 9.17) is 0 Å². The second-order valence-electron chi connectivity index (χ2n) is 9.02. The number of benzene rings is 2. The SMILES string of the molecule is CC[C@H](C)NC(=O)[C@H](CC)N(Cc1ccc(C)cc1)C(=O)CCCN(c1ccccc1)S(C)(=O)=O. The summed E-state index contributed by atoms with van der Waals surface area (Å²) in [6.45, 7) is 8.35. The fraction of sp³-hybridized carbons (Fsp3) is 0.481. The summed E-state index contributed by atoms with van der Waals surface area (Å²) in [5.74, 6) is -0.331. The molecule has 2 amide bonds. The van der Waals surface area contributed by atoms with Crippen LogP contribution >= 0.6 is 0 Å². The molecule has 0 aromatic heterocycles. The first-order valence-corrected chi connectivity index (χ1v) is 14.1. The van der Waals surface area contributed by atoms with Crippen molar-refractivity contribution in [2.75, 3.05) is 17.1 Å². The summed E-state index contributed by atoms with van der Waals surface area (Å²) in [6, 6.07) is 16.2. The minimum absolute atomic E-state index is 0.0158. The number of nitrogens with one attached hydrogen (secondary N) is 1. The van der Waals surface area contributed by atoms with E-state index in [1.165, 1.54) is 4.31 Å². The summed E-state index contributed by atoms with van der Waals surface area (Å²) in [7, 11) is -3.50. The van der Waals surface area contributed by atoms with Crippen molar-refractivity contribution < 1.29 is 18.0 Å². The lowest BCUT2D eigenvalue weighted by Gasteiger charge is -2.32. The standard InChI is InChI=1S/C27H39N3O4S/c1-6-22(4)28-27(32)25(7-2)29(20-23-17-15-21(3)16-18-23)26(31)14-11-19-30(35(5,33)34)24-12-9-8-10-13-24/h8-10,12-13,15-18,22,25H,6-7,11,14,19-20H2,1-5H3,(H,28,32)/t22-,25-/m0/s1. The third-order valence-electron chi connectivity index (χ3n) is 6.06. The number of anilines is 1. The normalized spacial score (nSPS) is 13.1. The highest BCUT2D eigenvalue weighted by Crippen LogP contribution is 2.19. The number of carbonyl (C=O) groups is 2. The molecular weight excluding hydrogens is 462 g/mol. The van der Waals surface area contributed by atoms with Gasteiger partial charge in [-0.2, -0.15) is 0 Å². The molecule has 2 rings (SSSR count). The molecule has 0 fully saturated rings. The number of rotatable bonds is 13. The van der Waals surface area contributed by atoms with Gasteiger partial charge in [-0.05, 0) is 50.8 Å². The van der Waals surface area contributed by atoms with Crippen molar-refractivity contribution in [3.05, 3.63) is 65.7 Å². The van der Waals surface area contributed by atoms with E-state index in [-0.39, 0.29) is 30.8 Å². The molecule has 0 aliphatic carbocycles. The number of carbonyl (C=O) groups excluding carboxylic acids is 2. The van der Waals surface area contributed by atoms with Crippen LogP contribution in [0.5, 0.6) is 0 Å². The summed E-state index contributed by atoms with van der Waals surface area (Å²) in [5.41, 5.74) is 2.63. The minimum Gasteiger partial charge on any atom is -0.352 e. The first-order chi connectivity index (χ1) is 16.6. The van der Waals surface area contributed by atoms with Crippen LogP contribution < -0.4 is 9.62 Å². The van der Waals surface area contributed by atoms with Gasteiger partial charge in [0.1, 0.15) is 6.04 Å². The van der Waals surface area contributed by atoms with Gasteiger partial charge in [-0.25, -0.2) is 8.42 Å². The van der Waals surface area contributed by atoms with Gasteiger partial charge in [-0.1, -0.05) is 61.9 Å². The fourth-order valence-corrected chi connectivity index (χ4v) is 4.81. The van der Waals surface area contributed by atoms with E-state index < -0.39 is 16.1 Å². The van der Waals surface area contributed by atoms with E-state index in [2.05, 4.69) is 5.32 Å². The van der Waals surface area contributed by atoms with Gasteiger partial charge in [-0.15, -0.1) is 0 Å². The van der Waals surface area contributed by atoms with Crippen LogP contribution in [0.1, 0.15) is 57.6 Å². The Morgan fingerprint density at radius 1 is 0.971 bits per heavy atom. The lowest BCUT2D eigenvalue weighted by molar-refractivity contribution is -0.141. The smallest absolute Gasteiger partial charge is 0.243 e. The van der Waals surface area contributed by atoms with E-state index in [1.54, 1.807) is 29.2 Å². The Balaban J connectivity index is 2.20. The third-order valence-corrected chi connectivity index (χ3v) is 7.25. The van der Waals surface area contributed by atoms with E-state index in [9.17, 15) is 18.0 Å². The van der Waals surface area contributed by atoms with Gasteiger partial charge in [0.15, 0.2) is 0 Å². The zero-order valence-electron chi connectivity index (χ0n) is 21.5.